The maximum atomic E-state index is 13.0. The highest BCUT2D eigenvalue weighted by atomic mass is 32.2. The van der Waals surface area contributed by atoms with Crippen LogP contribution in [0.5, 0.6) is 0 Å². The number of fused-ring (bicyclic) bond motifs is 5. The fourth-order valence-corrected chi connectivity index (χ4v) is 9.27. The molecule has 1 aromatic rings. The maximum absolute atomic E-state index is 13.0. The molecule has 4 aliphatic carbocycles. The van der Waals surface area contributed by atoms with Gasteiger partial charge in [0.25, 0.3) is 10.1 Å². The van der Waals surface area contributed by atoms with Crippen molar-refractivity contribution in [3.63, 3.8) is 0 Å². The summed E-state index contributed by atoms with van der Waals surface area (Å²) in [6.07, 6.45) is 8.75. The van der Waals surface area contributed by atoms with Gasteiger partial charge in [0.05, 0.1) is 11.0 Å². The van der Waals surface area contributed by atoms with Crippen LogP contribution in [0.2, 0.25) is 0 Å². The summed E-state index contributed by atoms with van der Waals surface area (Å²) in [7, 11) is -3.75. The quantitative estimate of drug-likeness (QED) is 0.563. The Balaban J connectivity index is 1.37. The molecule has 4 aliphatic rings. The molecule has 0 radical (unpaired) electrons. The molecule has 0 heterocycles. The molecule has 31 heavy (non-hydrogen) atoms. The second-order valence-electron chi connectivity index (χ2n) is 11.4. The largest absolute Gasteiger partial charge is 0.300 e. The van der Waals surface area contributed by atoms with Gasteiger partial charge in [0.1, 0.15) is 5.78 Å². The topological polar surface area (TPSA) is 60.4 Å². The molecule has 1 aromatic carbocycles. The molecule has 0 unspecified atom stereocenters. The van der Waals surface area contributed by atoms with Gasteiger partial charge in [-0.05, 0) is 98.5 Å². The van der Waals surface area contributed by atoms with Crippen molar-refractivity contribution >= 4 is 15.9 Å². The summed E-state index contributed by atoms with van der Waals surface area (Å²) in [5, 5.41) is 0. The molecule has 4 fully saturated rings. The van der Waals surface area contributed by atoms with Gasteiger partial charge in [0, 0.05) is 12.8 Å². The van der Waals surface area contributed by atoms with E-state index in [0.29, 0.717) is 29.5 Å². The summed E-state index contributed by atoms with van der Waals surface area (Å²) in [5.74, 6) is 2.85. The monoisotopic (exact) mass is 444 g/mol. The molecule has 0 saturated heterocycles. The molecule has 5 heteroatoms. The van der Waals surface area contributed by atoms with Gasteiger partial charge in [0.2, 0.25) is 0 Å². The van der Waals surface area contributed by atoms with Crippen molar-refractivity contribution < 1.29 is 17.4 Å². The normalized spacial score (nSPS) is 42.5. The molecule has 4 saturated carbocycles. The van der Waals surface area contributed by atoms with Crippen LogP contribution in [0.3, 0.4) is 0 Å². The van der Waals surface area contributed by atoms with E-state index in [2.05, 4.69) is 13.8 Å². The van der Waals surface area contributed by atoms with Crippen LogP contribution in [0.4, 0.5) is 0 Å². The van der Waals surface area contributed by atoms with E-state index in [1.807, 2.05) is 19.1 Å². The van der Waals surface area contributed by atoms with Crippen LogP contribution in [0, 0.1) is 41.4 Å². The molecule has 4 nitrogen and oxygen atoms in total. The average molecular weight is 445 g/mol. The molecule has 0 N–H and O–H groups in total. The van der Waals surface area contributed by atoms with E-state index < -0.39 is 10.1 Å². The molecule has 0 amide bonds. The number of ketones is 1. The summed E-state index contributed by atoms with van der Waals surface area (Å²) >= 11 is 0. The fourth-order valence-electron chi connectivity index (χ4n) is 8.07. The molecule has 7 atom stereocenters. The summed E-state index contributed by atoms with van der Waals surface area (Å²) in [6.45, 7) is 6.69. The molecule has 0 spiro atoms. The Kier molecular flexibility index (Phi) is 5.17. The standard InChI is InChI=1S/C26H36O4S/c1-17-4-7-20(8-5-17)31(28,29)30-24-11-10-22-21-9-6-18-16-19(27)12-14-25(18,2)23(21)13-15-26(22,24)3/h4-5,7-8,18,21-24H,6,9-16H2,1-3H3/t18-,21-,22-,23-,24+,25-,26-/m0/s1. The van der Waals surface area contributed by atoms with Crippen LogP contribution in [0.25, 0.3) is 0 Å². The minimum atomic E-state index is -3.75. The highest BCUT2D eigenvalue weighted by Crippen LogP contribution is 2.66. The zero-order valence-corrected chi connectivity index (χ0v) is 19.9. The molecule has 170 valence electrons. The lowest BCUT2D eigenvalue weighted by Gasteiger charge is -2.60. The first-order valence-electron chi connectivity index (χ1n) is 12.2. The Morgan fingerprint density at radius 2 is 1.61 bits per heavy atom. The number of hydrogen-bond acceptors (Lipinski definition) is 4. The lowest BCUT2D eigenvalue weighted by Crippen LogP contribution is -2.54. The summed E-state index contributed by atoms with van der Waals surface area (Å²) < 4.78 is 32.0. The zero-order valence-electron chi connectivity index (χ0n) is 19.1. The van der Waals surface area contributed by atoms with Crippen LogP contribution >= 0.6 is 0 Å². The number of carbonyl (C=O) groups is 1. The lowest BCUT2D eigenvalue weighted by molar-refractivity contribution is -0.140. The van der Waals surface area contributed by atoms with Crippen LogP contribution in [-0.2, 0) is 19.1 Å². The van der Waals surface area contributed by atoms with Crippen LogP contribution in [-0.4, -0.2) is 20.3 Å². The van der Waals surface area contributed by atoms with Gasteiger partial charge in [-0.1, -0.05) is 31.5 Å². The Labute approximate surface area is 187 Å². The number of Topliss-reactive ketones (excluding diaryl/α,β-unsaturated/α-hetero) is 1. The highest BCUT2D eigenvalue weighted by Gasteiger charge is 2.61. The Hall–Kier alpha value is -1.20. The van der Waals surface area contributed by atoms with E-state index in [1.54, 1.807) is 12.1 Å². The van der Waals surface area contributed by atoms with E-state index >= 15 is 0 Å². The third-order valence-corrected chi connectivity index (χ3v) is 11.3. The van der Waals surface area contributed by atoms with Gasteiger partial charge in [-0.25, -0.2) is 0 Å². The van der Waals surface area contributed by atoms with Crippen molar-refractivity contribution in [1.82, 2.24) is 0 Å². The van der Waals surface area contributed by atoms with Crippen molar-refractivity contribution in [2.75, 3.05) is 0 Å². The minimum absolute atomic E-state index is 0.0768. The lowest BCUT2D eigenvalue weighted by atomic mass is 9.45. The second kappa shape index (κ2) is 7.41. The Morgan fingerprint density at radius 3 is 2.35 bits per heavy atom. The van der Waals surface area contributed by atoms with E-state index in [0.717, 1.165) is 56.9 Å². The number of carbonyl (C=O) groups excluding carboxylic acids is 1. The molecule has 0 aromatic heterocycles. The number of hydrogen-bond donors (Lipinski definition) is 0. The molecule has 0 aliphatic heterocycles. The second-order valence-corrected chi connectivity index (χ2v) is 12.9. The number of benzene rings is 1. The van der Waals surface area contributed by atoms with E-state index in [9.17, 15) is 13.2 Å². The van der Waals surface area contributed by atoms with Gasteiger partial charge in [0.15, 0.2) is 0 Å². The summed E-state index contributed by atoms with van der Waals surface area (Å²) in [4.78, 5) is 12.4. The molecule has 5 rings (SSSR count). The summed E-state index contributed by atoms with van der Waals surface area (Å²) in [6, 6.07) is 6.97. The van der Waals surface area contributed by atoms with Crippen LogP contribution < -0.4 is 0 Å². The van der Waals surface area contributed by atoms with Crippen molar-refractivity contribution in [1.29, 1.82) is 0 Å². The third-order valence-electron chi connectivity index (χ3n) is 9.95. The Bertz CT molecular complexity index is 968. The van der Waals surface area contributed by atoms with Crippen LogP contribution in [0.1, 0.15) is 77.2 Å². The first-order valence-corrected chi connectivity index (χ1v) is 13.6. The zero-order chi connectivity index (χ0) is 22.0. The highest BCUT2D eigenvalue weighted by molar-refractivity contribution is 7.86. The average Bonchev–Trinajstić information content (AvgIpc) is 3.04. The van der Waals surface area contributed by atoms with Crippen molar-refractivity contribution in [2.45, 2.75) is 89.6 Å². The maximum Gasteiger partial charge on any atom is 0.297 e. The van der Waals surface area contributed by atoms with E-state index in [-0.39, 0.29) is 21.8 Å². The summed E-state index contributed by atoms with van der Waals surface area (Å²) in [5.41, 5.74) is 1.25. The van der Waals surface area contributed by atoms with Crippen molar-refractivity contribution in [3.8, 4) is 0 Å². The van der Waals surface area contributed by atoms with E-state index in [1.165, 1.54) is 6.42 Å². The van der Waals surface area contributed by atoms with Gasteiger partial charge < -0.3 is 0 Å². The number of rotatable bonds is 3. The molecular weight excluding hydrogens is 408 g/mol. The van der Waals surface area contributed by atoms with Gasteiger partial charge >= 0.3 is 0 Å². The van der Waals surface area contributed by atoms with Gasteiger partial charge in [-0.2, -0.15) is 8.42 Å². The van der Waals surface area contributed by atoms with Crippen LogP contribution in [0.15, 0.2) is 29.2 Å². The predicted molar refractivity (Wildman–Crippen MR) is 120 cm³/mol. The first-order chi connectivity index (χ1) is 14.6. The Morgan fingerprint density at radius 1 is 0.903 bits per heavy atom. The van der Waals surface area contributed by atoms with Gasteiger partial charge in [-0.15, -0.1) is 0 Å². The SMILES string of the molecule is Cc1ccc(S(=O)(=O)O[C@@H]2CC[C@H]3[C@@H]4CC[C@H]5CC(=O)CC[C@]5(C)[C@H]4CC[C@]23C)cc1. The third kappa shape index (κ3) is 3.42. The van der Waals surface area contributed by atoms with Crippen molar-refractivity contribution in [3.05, 3.63) is 29.8 Å². The predicted octanol–water partition coefficient (Wildman–Crippen LogP) is 5.68. The van der Waals surface area contributed by atoms with Gasteiger partial charge in [-0.3, -0.25) is 8.98 Å². The van der Waals surface area contributed by atoms with E-state index in [4.69, 9.17) is 4.18 Å². The number of aryl methyl sites for hydroxylation is 1. The smallest absolute Gasteiger partial charge is 0.297 e. The minimum Gasteiger partial charge on any atom is -0.300 e. The molecular formula is C26H36O4S. The first kappa shape index (κ1) is 21.6. The van der Waals surface area contributed by atoms with Crippen molar-refractivity contribution in [2.24, 2.45) is 34.5 Å². The molecule has 0 bridgehead atoms. The fraction of sp³-hybridized carbons (Fsp3) is 0.731.